The number of hydrogen-bond donors (Lipinski definition) is 2. The van der Waals surface area contributed by atoms with Crippen LogP contribution < -0.4 is 5.32 Å². The van der Waals surface area contributed by atoms with Crippen LogP contribution in [0, 0.1) is 0 Å². The van der Waals surface area contributed by atoms with Gasteiger partial charge in [-0.1, -0.05) is 28.1 Å². The fraction of sp³-hybridized carbons (Fsp3) is 0.417. The van der Waals surface area contributed by atoms with Crippen LogP contribution in [0.25, 0.3) is 0 Å². The lowest BCUT2D eigenvalue weighted by Crippen LogP contribution is -2.26. The molecule has 0 heterocycles. The molecule has 1 amide bonds. The fourth-order valence-electron chi connectivity index (χ4n) is 1.39. The minimum atomic E-state index is -0.0236. The Morgan fingerprint density at radius 3 is 2.62 bits per heavy atom. The second kappa shape index (κ2) is 6.66. The zero-order valence-corrected chi connectivity index (χ0v) is 10.8. The third kappa shape index (κ3) is 4.33. The Balaban J connectivity index is 2.48. The highest BCUT2D eigenvalue weighted by Gasteiger charge is 2.08. The largest absolute Gasteiger partial charge is 0.396 e. The molecule has 0 saturated heterocycles. The molecule has 0 saturated carbocycles. The highest BCUT2D eigenvalue weighted by Crippen LogP contribution is 2.16. The first-order valence-electron chi connectivity index (χ1n) is 5.29. The molecule has 1 rings (SSSR count). The normalized spacial score (nSPS) is 12.2. The highest BCUT2D eigenvalue weighted by molar-refractivity contribution is 9.10. The minimum Gasteiger partial charge on any atom is -0.396 e. The molecule has 4 heteroatoms. The van der Waals surface area contributed by atoms with Crippen LogP contribution in [0.3, 0.4) is 0 Å². The summed E-state index contributed by atoms with van der Waals surface area (Å²) in [5.41, 5.74) is 1.07. The molecule has 88 valence electrons. The van der Waals surface area contributed by atoms with Crippen LogP contribution in [0.4, 0.5) is 0 Å². The van der Waals surface area contributed by atoms with Crippen LogP contribution in [0.2, 0.25) is 0 Å². The van der Waals surface area contributed by atoms with Gasteiger partial charge in [-0.3, -0.25) is 4.79 Å². The summed E-state index contributed by atoms with van der Waals surface area (Å²) in [6.45, 7) is 2.00. The second-order valence-electron chi connectivity index (χ2n) is 3.67. The summed E-state index contributed by atoms with van der Waals surface area (Å²) < 4.78 is 1.02. The molecule has 0 spiro atoms. The molecule has 0 radical (unpaired) electrons. The third-order valence-electron chi connectivity index (χ3n) is 2.31. The standard InChI is InChI=1S/C12H16BrNO2/c1-9(14-12(16)3-2-8-15)10-4-6-11(13)7-5-10/h4-7,9,15H,2-3,8H2,1H3,(H,14,16). The van der Waals surface area contributed by atoms with Gasteiger partial charge in [0.25, 0.3) is 0 Å². The summed E-state index contributed by atoms with van der Waals surface area (Å²) in [6.07, 6.45) is 0.885. The van der Waals surface area contributed by atoms with Crippen molar-refractivity contribution in [3.05, 3.63) is 34.3 Å². The molecule has 3 nitrogen and oxygen atoms in total. The summed E-state index contributed by atoms with van der Waals surface area (Å²) in [4.78, 5) is 11.4. The molecule has 16 heavy (non-hydrogen) atoms. The molecule has 1 aromatic rings. The van der Waals surface area contributed by atoms with E-state index in [2.05, 4.69) is 21.2 Å². The van der Waals surface area contributed by atoms with Crippen LogP contribution in [0.5, 0.6) is 0 Å². The molecule has 0 aliphatic rings. The predicted molar refractivity (Wildman–Crippen MR) is 67.0 cm³/mol. The number of hydrogen-bond acceptors (Lipinski definition) is 2. The summed E-state index contributed by atoms with van der Waals surface area (Å²) in [5.74, 6) is -0.0236. The first-order chi connectivity index (χ1) is 7.63. The average Bonchev–Trinajstić information content (AvgIpc) is 2.27. The van der Waals surface area contributed by atoms with Crippen LogP contribution >= 0.6 is 15.9 Å². The highest BCUT2D eigenvalue weighted by atomic mass is 79.9. The number of amides is 1. The van der Waals surface area contributed by atoms with E-state index in [-0.39, 0.29) is 18.6 Å². The number of benzene rings is 1. The van der Waals surface area contributed by atoms with Crippen molar-refractivity contribution in [1.82, 2.24) is 5.32 Å². The maximum atomic E-state index is 11.4. The van der Waals surface area contributed by atoms with Gasteiger partial charge in [0, 0.05) is 17.5 Å². The van der Waals surface area contributed by atoms with Crippen LogP contribution in [0.1, 0.15) is 31.4 Å². The SMILES string of the molecule is CC(NC(=O)CCCO)c1ccc(Br)cc1. The number of carbonyl (C=O) groups is 1. The van der Waals surface area contributed by atoms with Gasteiger partial charge in [-0.2, -0.15) is 0 Å². The van der Waals surface area contributed by atoms with Crippen molar-refractivity contribution in [2.45, 2.75) is 25.8 Å². The number of nitrogens with one attached hydrogen (secondary N) is 1. The Morgan fingerprint density at radius 1 is 1.44 bits per heavy atom. The first kappa shape index (κ1) is 13.2. The number of rotatable bonds is 5. The van der Waals surface area contributed by atoms with Gasteiger partial charge in [-0.25, -0.2) is 0 Å². The maximum Gasteiger partial charge on any atom is 0.220 e. The quantitative estimate of drug-likeness (QED) is 0.873. The van der Waals surface area contributed by atoms with E-state index in [1.54, 1.807) is 0 Å². The van der Waals surface area contributed by atoms with E-state index < -0.39 is 0 Å². The summed E-state index contributed by atoms with van der Waals surface area (Å²) in [5, 5.41) is 11.5. The van der Waals surface area contributed by atoms with Crippen molar-refractivity contribution in [3.63, 3.8) is 0 Å². The molecule has 0 aliphatic heterocycles. The molecular weight excluding hydrogens is 270 g/mol. The Labute approximate surface area is 104 Å². The zero-order valence-electron chi connectivity index (χ0n) is 9.24. The molecule has 1 aromatic carbocycles. The van der Waals surface area contributed by atoms with Gasteiger partial charge >= 0.3 is 0 Å². The first-order valence-corrected chi connectivity index (χ1v) is 6.08. The lowest BCUT2D eigenvalue weighted by molar-refractivity contribution is -0.122. The molecule has 0 fully saturated rings. The number of carbonyl (C=O) groups excluding carboxylic acids is 1. The molecule has 2 N–H and O–H groups in total. The fourth-order valence-corrected chi connectivity index (χ4v) is 1.65. The van der Waals surface area contributed by atoms with Gasteiger partial charge in [0.15, 0.2) is 0 Å². The predicted octanol–water partition coefficient (Wildman–Crippen LogP) is 2.40. The van der Waals surface area contributed by atoms with E-state index in [0.29, 0.717) is 12.8 Å². The van der Waals surface area contributed by atoms with Crippen molar-refractivity contribution in [2.24, 2.45) is 0 Å². The van der Waals surface area contributed by atoms with E-state index in [0.717, 1.165) is 10.0 Å². The summed E-state index contributed by atoms with van der Waals surface area (Å²) in [7, 11) is 0. The molecule has 1 atom stereocenters. The van der Waals surface area contributed by atoms with Crippen molar-refractivity contribution < 1.29 is 9.90 Å². The van der Waals surface area contributed by atoms with Crippen molar-refractivity contribution >= 4 is 21.8 Å². The molecule has 0 aromatic heterocycles. The number of halogens is 1. The molecular formula is C12H16BrNO2. The smallest absolute Gasteiger partial charge is 0.220 e. The summed E-state index contributed by atoms with van der Waals surface area (Å²) in [6, 6.07) is 7.85. The van der Waals surface area contributed by atoms with E-state index in [9.17, 15) is 4.79 Å². The lowest BCUT2D eigenvalue weighted by Gasteiger charge is -2.14. The van der Waals surface area contributed by atoms with Crippen molar-refractivity contribution in [1.29, 1.82) is 0 Å². The van der Waals surface area contributed by atoms with Crippen LogP contribution in [-0.2, 0) is 4.79 Å². The lowest BCUT2D eigenvalue weighted by atomic mass is 10.1. The molecule has 0 bridgehead atoms. The van der Waals surface area contributed by atoms with Gasteiger partial charge in [-0.05, 0) is 31.0 Å². The van der Waals surface area contributed by atoms with Gasteiger partial charge in [0.2, 0.25) is 5.91 Å². The Kier molecular flexibility index (Phi) is 5.49. The van der Waals surface area contributed by atoms with Crippen molar-refractivity contribution in [2.75, 3.05) is 6.61 Å². The molecule has 1 unspecified atom stereocenters. The van der Waals surface area contributed by atoms with E-state index in [4.69, 9.17) is 5.11 Å². The van der Waals surface area contributed by atoms with E-state index >= 15 is 0 Å². The van der Waals surface area contributed by atoms with Gasteiger partial charge < -0.3 is 10.4 Å². The summed E-state index contributed by atoms with van der Waals surface area (Å²) >= 11 is 3.36. The van der Waals surface area contributed by atoms with Crippen molar-refractivity contribution in [3.8, 4) is 0 Å². The monoisotopic (exact) mass is 285 g/mol. The Bertz CT molecular complexity index is 337. The maximum absolute atomic E-state index is 11.4. The Morgan fingerprint density at radius 2 is 2.06 bits per heavy atom. The van der Waals surface area contributed by atoms with Gasteiger partial charge in [0.1, 0.15) is 0 Å². The minimum absolute atomic E-state index is 0.000655. The average molecular weight is 286 g/mol. The van der Waals surface area contributed by atoms with E-state index in [1.807, 2.05) is 31.2 Å². The van der Waals surface area contributed by atoms with Crippen LogP contribution in [-0.4, -0.2) is 17.6 Å². The second-order valence-corrected chi connectivity index (χ2v) is 4.58. The Hall–Kier alpha value is -0.870. The van der Waals surface area contributed by atoms with E-state index in [1.165, 1.54) is 0 Å². The van der Waals surface area contributed by atoms with Gasteiger partial charge in [-0.15, -0.1) is 0 Å². The number of aliphatic hydroxyl groups is 1. The van der Waals surface area contributed by atoms with Crippen LogP contribution in [0.15, 0.2) is 28.7 Å². The molecule has 0 aliphatic carbocycles. The van der Waals surface area contributed by atoms with Gasteiger partial charge in [0.05, 0.1) is 6.04 Å². The number of aliphatic hydroxyl groups excluding tert-OH is 1. The topological polar surface area (TPSA) is 49.3 Å². The third-order valence-corrected chi connectivity index (χ3v) is 2.84. The zero-order chi connectivity index (χ0) is 12.0.